The van der Waals surface area contributed by atoms with Gasteiger partial charge < -0.3 is 33.8 Å². The topological polar surface area (TPSA) is 237 Å². The van der Waals surface area contributed by atoms with E-state index in [-0.39, 0.29) is 25.7 Å². The Labute approximate surface area is 575 Å². The Bertz CT molecular complexity index is 1840. The number of phosphoric acid groups is 2. The van der Waals surface area contributed by atoms with Crippen molar-refractivity contribution in [1.82, 2.24) is 0 Å². The summed E-state index contributed by atoms with van der Waals surface area (Å²) in [5.74, 6) is 0.0659. The number of hydrogen-bond acceptors (Lipinski definition) is 15. The molecule has 0 aromatic heterocycles. The van der Waals surface area contributed by atoms with Gasteiger partial charge in [0, 0.05) is 25.7 Å². The van der Waals surface area contributed by atoms with Gasteiger partial charge in [0.2, 0.25) is 0 Å². The summed E-state index contributed by atoms with van der Waals surface area (Å²) in [5, 5.41) is 10.6. The molecule has 17 nitrogen and oxygen atoms in total. The van der Waals surface area contributed by atoms with Crippen LogP contribution in [0.3, 0.4) is 0 Å². The Kier molecular flexibility index (Phi) is 64.3. The van der Waals surface area contributed by atoms with Crippen LogP contribution >= 0.6 is 15.6 Å². The zero-order valence-electron chi connectivity index (χ0n) is 61.4. The Morgan fingerprint density at radius 1 is 0.309 bits per heavy atom. The van der Waals surface area contributed by atoms with Crippen molar-refractivity contribution in [3.63, 3.8) is 0 Å². The van der Waals surface area contributed by atoms with E-state index >= 15 is 0 Å². The number of esters is 4. The summed E-state index contributed by atoms with van der Waals surface area (Å²) in [5.41, 5.74) is 0. The van der Waals surface area contributed by atoms with Crippen LogP contribution in [0.5, 0.6) is 0 Å². The van der Waals surface area contributed by atoms with Gasteiger partial charge in [0.25, 0.3) is 0 Å². The molecule has 0 amide bonds. The average Bonchev–Trinajstić information content (AvgIpc) is 1.41. The summed E-state index contributed by atoms with van der Waals surface area (Å²) in [4.78, 5) is 72.7. The molecule has 19 heteroatoms. The summed E-state index contributed by atoms with van der Waals surface area (Å²) in [6.07, 6.45) is 51.7. The minimum Gasteiger partial charge on any atom is -0.462 e. The van der Waals surface area contributed by atoms with Gasteiger partial charge in [-0.1, -0.05) is 331 Å². The maximum Gasteiger partial charge on any atom is 0.472 e. The smallest absolute Gasteiger partial charge is 0.462 e. The van der Waals surface area contributed by atoms with Crippen LogP contribution in [0.2, 0.25) is 0 Å². The molecular weight excluding hydrogens is 1230 g/mol. The summed E-state index contributed by atoms with van der Waals surface area (Å²) in [6.45, 7) is 11.8. The molecule has 0 aliphatic rings. The van der Waals surface area contributed by atoms with Crippen LogP contribution in [-0.2, 0) is 65.4 Å². The minimum absolute atomic E-state index is 0.102. The molecule has 0 saturated heterocycles. The van der Waals surface area contributed by atoms with E-state index < -0.39 is 97.5 Å². The monoisotopic (exact) mass is 1380 g/mol. The Morgan fingerprint density at radius 3 is 0.809 bits per heavy atom. The number of unbranched alkanes of at least 4 members (excludes halogenated alkanes) is 40. The van der Waals surface area contributed by atoms with Crippen LogP contribution in [0.15, 0.2) is 0 Å². The molecule has 0 aliphatic carbocycles. The number of aliphatic hydroxyl groups excluding tert-OH is 1. The molecule has 6 atom stereocenters. The highest BCUT2D eigenvalue weighted by atomic mass is 31.2. The molecule has 0 radical (unpaired) electrons. The van der Waals surface area contributed by atoms with Crippen LogP contribution in [-0.4, -0.2) is 96.7 Å². The maximum atomic E-state index is 13.1. The summed E-state index contributed by atoms with van der Waals surface area (Å²) in [7, 11) is -9.91. The van der Waals surface area contributed by atoms with E-state index in [1.807, 2.05) is 0 Å². The van der Waals surface area contributed by atoms with Crippen LogP contribution in [0, 0.1) is 17.8 Å². The lowest BCUT2D eigenvalue weighted by Crippen LogP contribution is -2.30. The van der Waals surface area contributed by atoms with E-state index in [0.29, 0.717) is 31.6 Å². The van der Waals surface area contributed by atoms with Gasteiger partial charge in [-0.05, 0) is 43.4 Å². The molecule has 558 valence electrons. The molecule has 0 saturated carbocycles. The molecule has 0 aliphatic heterocycles. The second-order valence-electron chi connectivity index (χ2n) is 28.2. The molecule has 3 unspecified atom stereocenters. The first kappa shape index (κ1) is 92.1. The lowest BCUT2D eigenvalue weighted by Gasteiger charge is -2.21. The first-order chi connectivity index (χ1) is 45.3. The molecule has 3 N–H and O–H groups in total. The normalized spacial score (nSPS) is 14.4. The lowest BCUT2D eigenvalue weighted by molar-refractivity contribution is -0.161. The van der Waals surface area contributed by atoms with Crippen molar-refractivity contribution >= 4 is 39.5 Å². The number of rotatable bonds is 73. The van der Waals surface area contributed by atoms with Crippen molar-refractivity contribution in [3.05, 3.63) is 0 Å². The van der Waals surface area contributed by atoms with E-state index in [4.69, 9.17) is 37.0 Å². The van der Waals surface area contributed by atoms with Crippen molar-refractivity contribution in [3.8, 4) is 0 Å². The van der Waals surface area contributed by atoms with Gasteiger partial charge in [0.05, 0.1) is 26.4 Å². The standard InChI is InChI=1S/C75H146O17P2/c1-8-10-11-12-13-14-15-16-17-18-19-20-21-24-28-31-34-44-51-58-74(79)91-70(62-85-72(77)56-49-42-33-30-27-25-22-23-26-29-32-39-46-53-66(3)4)64-89-93(81,82)87-60-69(76)61-88-94(83,84)90-65-71(63-86-73(78)57-50-43-37-35-40-47-54-67(5)6)92-75(80)59-52-45-38-36-41-48-55-68(7)9-2/h66-71,76H,8-65H2,1-7H3,(H,81,82)(H,83,84)/t68?,69-,70-,71-/m1/s1. The maximum absolute atomic E-state index is 13.1. The molecule has 94 heavy (non-hydrogen) atoms. The number of phosphoric ester groups is 2. The highest BCUT2D eigenvalue weighted by molar-refractivity contribution is 7.47. The Balaban J connectivity index is 5.21. The van der Waals surface area contributed by atoms with Crippen molar-refractivity contribution in [2.24, 2.45) is 17.8 Å². The molecule has 0 fully saturated rings. The highest BCUT2D eigenvalue weighted by Gasteiger charge is 2.30. The number of hydrogen-bond donors (Lipinski definition) is 3. The van der Waals surface area contributed by atoms with E-state index in [2.05, 4.69) is 48.5 Å². The van der Waals surface area contributed by atoms with Gasteiger partial charge in [-0.3, -0.25) is 37.3 Å². The molecule has 0 rings (SSSR count). The zero-order chi connectivity index (χ0) is 69.4. The predicted octanol–water partition coefficient (Wildman–Crippen LogP) is 21.8. The second-order valence-corrected chi connectivity index (χ2v) is 31.1. The Hall–Kier alpha value is -1.94. The van der Waals surface area contributed by atoms with Crippen LogP contribution in [0.1, 0.15) is 382 Å². The van der Waals surface area contributed by atoms with Crippen molar-refractivity contribution in [2.75, 3.05) is 39.6 Å². The predicted molar refractivity (Wildman–Crippen MR) is 381 cm³/mol. The van der Waals surface area contributed by atoms with Gasteiger partial charge in [0.15, 0.2) is 12.2 Å². The largest absolute Gasteiger partial charge is 0.472 e. The zero-order valence-corrected chi connectivity index (χ0v) is 63.2. The first-order valence-corrected chi connectivity index (χ1v) is 41.9. The average molecular weight is 1380 g/mol. The minimum atomic E-state index is -4.96. The second kappa shape index (κ2) is 65.7. The van der Waals surface area contributed by atoms with Gasteiger partial charge in [-0.15, -0.1) is 0 Å². The molecule has 0 bridgehead atoms. The number of carbonyl (C=O) groups excluding carboxylic acids is 4. The highest BCUT2D eigenvalue weighted by Crippen LogP contribution is 2.45. The van der Waals surface area contributed by atoms with Crippen LogP contribution < -0.4 is 0 Å². The summed E-state index contributed by atoms with van der Waals surface area (Å²) >= 11 is 0. The number of ether oxygens (including phenoxy) is 4. The third-order valence-corrected chi connectivity index (χ3v) is 19.6. The summed E-state index contributed by atoms with van der Waals surface area (Å²) < 4.78 is 68.4. The van der Waals surface area contributed by atoms with Crippen molar-refractivity contribution in [1.29, 1.82) is 0 Å². The fourth-order valence-electron chi connectivity index (χ4n) is 11.4. The van der Waals surface area contributed by atoms with Gasteiger partial charge >= 0.3 is 39.5 Å². The third kappa shape index (κ3) is 67.3. The lowest BCUT2D eigenvalue weighted by atomic mass is 10.00. The fraction of sp³-hybridized carbons (Fsp3) is 0.947. The van der Waals surface area contributed by atoms with Crippen LogP contribution in [0.25, 0.3) is 0 Å². The molecule has 0 heterocycles. The SMILES string of the molecule is CCCCCCCCCCCCCCCCCCCCCC(=O)O[C@H](COC(=O)CCCCCCCCCCCCCCCC(C)C)COP(=O)(O)OC[C@@H](O)COP(=O)(O)OC[C@@H](COC(=O)CCCCCCCCC(C)C)OC(=O)CCCCCCCCC(C)CC. The number of aliphatic hydroxyl groups is 1. The van der Waals surface area contributed by atoms with E-state index in [9.17, 15) is 43.2 Å². The molecule has 0 aromatic carbocycles. The van der Waals surface area contributed by atoms with Gasteiger partial charge in [-0.2, -0.15) is 0 Å². The van der Waals surface area contributed by atoms with Crippen molar-refractivity contribution in [2.45, 2.75) is 401 Å². The van der Waals surface area contributed by atoms with E-state index in [1.165, 1.54) is 186 Å². The van der Waals surface area contributed by atoms with Gasteiger partial charge in [0.1, 0.15) is 19.3 Å². The fourth-order valence-corrected chi connectivity index (χ4v) is 13.0. The van der Waals surface area contributed by atoms with Crippen molar-refractivity contribution < 1.29 is 80.2 Å². The molecule has 0 aromatic rings. The van der Waals surface area contributed by atoms with E-state index in [1.54, 1.807) is 0 Å². The first-order valence-electron chi connectivity index (χ1n) is 38.9. The van der Waals surface area contributed by atoms with Crippen LogP contribution in [0.4, 0.5) is 0 Å². The quantitative estimate of drug-likeness (QED) is 0.0222. The third-order valence-electron chi connectivity index (χ3n) is 17.7. The molecule has 0 spiro atoms. The van der Waals surface area contributed by atoms with Gasteiger partial charge in [-0.25, -0.2) is 9.13 Å². The Morgan fingerprint density at radius 2 is 0.543 bits per heavy atom. The molecular formula is C75H146O17P2. The van der Waals surface area contributed by atoms with E-state index in [0.717, 1.165) is 108 Å². The summed E-state index contributed by atoms with van der Waals surface area (Å²) in [6, 6.07) is 0. The number of carbonyl (C=O) groups is 4.